The average molecular weight is 294 g/mol. The smallest absolute Gasteiger partial charge is 0.114 e. The van der Waals surface area contributed by atoms with Crippen molar-refractivity contribution in [1.29, 1.82) is 0 Å². The van der Waals surface area contributed by atoms with Gasteiger partial charge in [0.05, 0.1) is 11.7 Å². The molecule has 0 spiro atoms. The summed E-state index contributed by atoms with van der Waals surface area (Å²) in [5.41, 5.74) is 1.16. The maximum Gasteiger partial charge on any atom is 0.114 e. The fourth-order valence-electron chi connectivity index (χ4n) is 2.48. The minimum Gasteiger partial charge on any atom is -0.304 e. The van der Waals surface area contributed by atoms with E-state index >= 15 is 0 Å². The molecule has 1 fully saturated rings. The van der Waals surface area contributed by atoms with Gasteiger partial charge in [-0.15, -0.1) is 0 Å². The Labute approximate surface area is 110 Å². The molecule has 4 heteroatoms. The monoisotopic (exact) mass is 293 g/mol. The average Bonchev–Trinajstić information content (AvgIpc) is 2.94. The first-order valence-electron chi connectivity index (χ1n) is 6.17. The van der Waals surface area contributed by atoms with E-state index in [1.54, 1.807) is 0 Å². The molecule has 0 atom stereocenters. The van der Waals surface area contributed by atoms with Gasteiger partial charge < -0.3 is 9.30 Å². The second-order valence-electron chi connectivity index (χ2n) is 4.61. The highest BCUT2D eigenvalue weighted by Crippen LogP contribution is 2.15. The predicted octanol–water partition coefficient (Wildman–Crippen LogP) is 2.74. The van der Waals surface area contributed by atoms with Crippen molar-refractivity contribution in [2.24, 2.45) is 0 Å². The maximum atomic E-state index is 4.51. The third-order valence-corrected chi connectivity index (χ3v) is 3.91. The Morgan fingerprint density at radius 2 is 2.12 bits per heavy atom. The molecule has 0 saturated carbocycles. The van der Waals surface area contributed by atoms with E-state index in [0.717, 1.165) is 23.0 Å². The number of imidazole rings is 1. The Kier molecular flexibility index (Phi) is 3.16. The molecule has 1 aliphatic heterocycles. The SMILES string of the molecule is Brc1ccn2c(CCN3CCCC3)ncc2c1. The summed E-state index contributed by atoms with van der Waals surface area (Å²) < 4.78 is 3.29. The number of fused-ring (bicyclic) bond motifs is 1. The number of likely N-dealkylation sites (tertiary alicyclic amines) is 1. The van der Waals surface area contributed by atoms with Crippen LogP contribution in [-0.4, -0.2) is 33.9 Å². The van der Waals surface area contributed by atoms with Crippen molar-refractivity contribution >= 4 is 21.4 Å². The van der Waals surface area contributed by atoms with Gasteiger partial charge in [-0.2, -0.15) is 0 Å². The largest absolute Gasteiger partial charge is 0.304 e. The van der Waals surface area contributed by atoms with Crippen LogP contribution >= 0.6 is 15.9 Å². The number of hydrogen-bond donors (Lipinski definition) is 0. The molecule has 2 aromatic rings. The topological polar surface area (TPSA) is 20.5 Å². The molecule has 17 heavy (non-hydrogen) atoms. The van der Waals surface area contributed by atoms with E-state index in [0.29, 0.717) is 0 Å². The second-order valence-corrected chi connectivity index (χ2v) is 5.53. The van der Waals surface area contributed by atoms with Gasteiger partial charge in [0.15, 0.2) is 0 Å². The molecule has 1 aliphatic rings. The Balaban J connectivity index is 1.76. The number of nitrogens with zero attached hydrogens (tertiary/aromatic N) is 3. The minimum atomic E-state index is 1.04. The summed E-state index contributed by atoms with van der Waals surface area (Å²) in [5, 5.41) is 0. The molecule has 3 nitrogen and oxygen atoms in total. The first-order valence-corrected chi connectivity index (χ1v) is 6.96. The van der Waals surface area contributed by atoms with E-state index in [4.69, 9.17) is 0 Å². The lowest BCUT2D eigenvalue weighted by Crippen LogP contribution is -2.22. The van der Waals surface area contributed by atoms with Gasteiger partial charge in [-0.05, 0) is 38.1 Å². The first-order chi connectivity index (χ1) is 8.33. The van der Waals surface area contributed by atoms with Gasteiger partial charge in [0.1, 0.15) is 5.82 Å². The Morgan fingerprint density at radius 3 is 2.94 bits per heavy atom. The van der Waals surface area contributed by atoms with Crippen LogP contribution in [0.2, 0.25) is 0 Å². The Bertz CT molecular complexity index is 514. The summed E-state index contributed by atoms with van der Waals surface area (Å²) in [7, 11) is 0. The summed E-state index contributed by atoms with van der Waals surface area (Å²) in [6.45, 7) is 3.65. The van der Waals surface area contributed by atoms with E-state index in [1.807, 2.05) is 6.20 Å². The van der Waals surface area contributed by atoms with Crippen molar-refractivity contribution in [1.82, 2.24) is 14.3 Å². The van der Waals surface area contributed by atoms with Crippen molar-refractivity contribution in [3.63, 3.8) is 0 Å². The molecule has 0 aliphatic carbocycles. The van der Waals surface area contributed by atoms with Crippen molar-refractivity contribution in [3.8, 4) is 0 Å². The number of halogens is 1. The van der Waals surface area contributed by atoms with Crippen LogP contribution in [0.25, 0.3) is 5.52 Å². The number of rotatable bonds is 3. The van der Waals surface area contributed by atoms with Crippen molar-refractivity contribution in [2.75, 3.05) is 19.6 Å². The zero-order valence-corrected chi connectivity index (χ0v) is 11.4. The van der Waals surface area contributed by atoms with Crippen LogP contribution in [0, 0.1) is 0 Å². The van der Waals surface area contributed by atoms with Crippen LogP contribution in [0.15, 0.2) is 29.0 Å². The van der Waals surface area contributed by atoms with Gasteiger partial charge in [-0.3, -0.25) is 0 Å². The van der Waals surface area contributed by atoms with Gasteiger partial charge >= 0.3 is 0 Å². The molecular formula is C13H16BrN3. The third-order valence-electron chi connectivity index (χ3n) is 3.42. The van der Waals surface area contributed by atoms with Gasteiger partial charge in [0.2, 0.25) is 0 Å². The molecule has 1 saturated heterocycles. The number of hydrogen-bond acceptors (Lipinski definition) is 2. The van der Waals surface area contributed by atoms with E-state index in [9.17, 15) is 0 Å². The second kappa shape index (κ2) is 4.78. The molecular weight excluding hydrogens is 278 g/mol. The van der Waals surface area contributed by atoms with Crippen molar-refractivity contribution in [3.05, 3.63) is 34.8 Å². The van der Waals surface area contributed by atoms with Crippen molar-refractivity contribution in [2.45, 2.75) is 19.3 Å². The van der Waals surface area contributed by atoms with Crippen LogP contribution in [0.4, 0.5) is 0 Å². The molecule has 0 amide bonds. The van der Waals surface area contributed by atoms with E-state index in [-0.39, 0.29) is 0 Å². The lowest BCUT2D eigenvalue weighted by atomic mass is 10.3. The number of pyridine rings is 1. The highest BCUT2D eigenvalue weighted by molar-refractivity contribution is 9.10. The van der Waals surface area contributed by atoms with Gasteiger partial charge in [0.25, 0.3) is 0 Å². The Morgan fingerprint density at radius 1 is 1.29 bits per heavy atom. The molecule has 0 N–H and O–H groups in total. The molecule has 0 aromatic carbocycles. The summed E-state index contributed by atoms with van der Waals surface area (Å²) in [6, 6.07) is 4.17. The van der Waals surface area contributed by atoms with Crippen LogP contribution in [0.3, 0.4) is 0 Å². The normalized spacial score (nSPS) is 17.0. The standard InChI is InChI=1S/C13H16BrN3/c14-11-3-8-17-12(9-11)10-15-13(17)4-7-16-5-1-2-6-16/h3,8-10H,1-2,4-7H2. The van der Waals surface area contributed by atoms with Crippen LogP contribution in [0.5, 0.6) is 0 Å². The number of aromatic nitrogens is 2. The maximum absolute atomic E-state index is 4.51. The first kappa shape index (κ1) is 11.2. The highest BCUT2D eigenvalue weighted by Gasteiger charge is 2.12. The predicted molar refractivity (Wildman–Crippen MR) is 72.3 cm³/mol. The van der Waals surface area contributed by atoms with Gasteiger partial charge in [0, 0.05) is 23.6 Å². The third kappa shape index (κ3) is 2.38. The quantitative estimate of drug-likeness (QED) is 0.867. The van der Waals surface area contributed by atoms with E-state index in [1.165, 1.54) is 31.8 Å². The van der Waals surface area contributed by atoms with Crippen molar-refractivity contribution < 1.29 is 0 Å². The summed E-state index contributed by atoms with van der Waals surface area (Å²) in [5.74, 6) is 1.17. The Hall–Kier alpha value is -0.870. The van der Waals surface area contributed by atoms with Crippen LogP contribution in [0.1, 0.15) is 18.7 Å². The zero-order valence-electron chi connectivity index (χ0n) is 9.77. The summed E-state index contributed by atoms with van der Waals surface area (Å²) >= 11 is 3.49. The summed E-state index contributed by atoms with van der Waals surface area (Å²) in [6.07, 6.45) is 7.79. The van der Waals surface area contributed by atoms with Crippen LogP contribution in [-0.2, 0) is 6.42 Å². The lowest BCUT2D eigenvalue weighted by molar-refractivity contribution is 0.340. The molecule has 0 radical (unpaired) electrons. The lowest BCUT2D eigenvalue weighted by Gasteiger charge is -2.13. The molecule has 90 valence electrons. The molecule has 3 rings (SSSR count). The fourth-order valence-corrected chi connectivity index (χ4v) is 2.83. The van der Waals surface area contributed by atoms with Gasteiger partial charge in [-0.1, -0.05) is 15.9 Å². The minimum absolute atomic E-state index is 1.04. The summed E-state index contributed by atoms with van der Waals surface area (Å²) in [4.78, 5) is 7.04. The molecule has 2 aromatic heterocycles. The molecule has 3 heterocycles. The molecule has 0 bridgehead atoms. The van der Waals surface area contributed by atoms with E-state index in [2.05, 4.69) is 48.5 Å². The van der Waals surface area contributed by atoms with E-state index < -0.39 is 0 Å². The van der Waals surface area contributed by atoms with Crippen LogP contribution < -0.4 is 0 Å². The zero-order chi connectivity index (χ0) is 11.7. The fraction of sp³-hybridized carbons (Fsp3) is 0.462. The molecule has 0 unspecified atom stereocenters. The highest BCUT2D eigenvalue weighted by atomic mass is 79.9. The van der Waals surface area contributed by atoms with Gasteiger partial charge in [-0.25, -0.2) is 4.98 Å².